The first-order valence-corrected chi connectivity index (χ1v) is 9.06. The number of hydrogen-bond donors (Lipinski definition) is 0. The number of thiophene rings is 1. The van der Waals surface area contributed by atoms with Gasteiger partial charge in [-0.25, -0.2) is 15.0 Å². The predicted octanol–water partition coefficient (Wildman–Crippen LogP) is 4.22. The summed E-state index contributed by atoms with van der Waals surface area (Å²) in [6, 6.07) is 2.06. The van der Waals surface area contributed by atoms with Crippen molar-refractivity contribution in [1.29, 1.82) is 0 Å². The Bertz CT molecular complexity index is 1070. The van der Waals surface area contributed by atoms with E-state index in [9.17, 15) is 0 Å². The van der Waals surface area contributed by atoms with E-state index < -0.39 is 0 Å². The van der Waals surface area contributed by atoms with E-state index in [4.69, 9.17) is 4.98 Å². The lowest BCUT2D eigenvalue weighted by Crippen LogP contribution is -2.07. The predicted molar refractivity (Wildman–Crippen MR) is 96.2 cm³/mol. The molecule has 0 spiro atoms. The summed E-state index contributed by atoms with van der Waals surface area (Å²) in [6.07, 6.45) is 9.73. The van der Waals surface area contributed by atoms with Crippen LogP contribution < -0.4 is 0 Å². The number of hydrogen-bond acceptors (Lipinski definition) is 5. The fourth-order valence-corrected chi connectivity index (χ4v) is 4.69. The zero-order valence-corrected chi connectivity index (χ0v) is 14.5. The van der Waals surface area contributed by atoms with Crippen LogP contribution in [0.2, 0.25) is 0 Å². The molecule has 6 heteroatoms. The number of fused-ring (bicyclic) bond motifs is 2. The van der Waals surface area contributed by atoms with Crippen LogP contribution in [0.3, 0.4) is 0 Å². The molecule has 24 heavy (non-hydrogen) atoms. The van der Waals surface area contributed by atoms with E-state index >= 15 is 0 Å². The molecule has 0 bridgehead atoms. The molecule has 0 unspecified atom stereocenters. The summed E-state index contributed by atoms with van der Waals surface area (Å²) in [5.41, 5.74) is 3.06. The van der Waals surface area contributed by atoms with Gasteiger partial charge in [-0.2, -0.15) is 5.10 Å². The van der Waals surface area contributed by atoms with Gasteiger partial charge in [-0.3, -0.25) is 4.68 Å². The van der Waals surface area contributed by atoms with Crippen LogP contribution in [0.15, 0.2) is 24.7 Å². The third-order valence-corrected chi connectivity index (χ3v) is 6.31. The number of pyridine rings is 1. The van der Waals surface area contributed by atoms with E-state index in [-0.39, 0.29) is 0 Å². The molecule has 0 aliphatic heterocycles. The summed E-state index contributed by atoms with van der Waals surface area (Å²) in [5, 5.41) is 6.52. The molecule has 4 aromatic heterocycles. The molecule has 0 atom stereocenters. The number of nitrogens with zero attached hydrogens (tertiary/aromatic N) is 5. The van der Waals surface area contributed by atoms with Gasteiger partial charge in [0.25, 0.3) is 0 Å². The summed E-state index contributed by atoms with van der Waals surface area (Å²) in [5.74, 6) is 1.48. The minimum absolute atomic E-state index is 0.737. The van der Waals surface area contributed by atoms with E-state index in [0.717, 1.165) is 33.2 Å². The summed E-state index contributed by atoms with van der Waals surface area (Å²) < 4.78 is 1.78. The van der Waals surface area contributed by atoms with Crippen molar-refractivity contribution in [2.24, 2.45) is 7.05 Å². The van der Waals surface area contributed by atoms with E-state index in [0.29, 0.717) is 0 Å². The normalized spacial score (nSPS) is 15.2. The van der Waals surface area contributed by atoms with Crippen molar-refractivity contribution >= 4 is 32.6 Å². The van der Waals surface area contributed by atoms with E-state index in [2.05, 4.69) is 28.1 Å². The second kappa shape index (κ2) is 5.08. The molecular weight excluding hydrogens is 318 g/mol. The molecule has 1 aliphatic carbocycles. The standard InChI is InChI=1S/C18H17N5S/c1-10-14-8-20-16(21-18(14)24-15(10)11-4-3-5-11)12-6-13-9-23(2)22-17(13)19-7-12/h6-9,11H,3-5H2,1-2H3. The summed E-state index contributed by atoms with van der Waals surface area (Å²) in [4.78, 5) is 16.4. The third-order valence-electron chi connectivity index (χ3n) is 4.94. The first-order valence-electron chi connectivity index (χ1n) is 8.25. The maximum atomic E-state index is 4.82. The largest absolute Gasteiger partial charge is 0.273 e. The molecule has 1 saturated carbocycles. The molecule has 5 nitrogen and oxygen atoms in total. The van der Waals surface area contributed by atoms with Gasteiger partial charge in [0.05, 0.1) is 0 Å². The Hall–Kier alpha value is -2.34. The Kier molecular flexibility index (Phi) is 2.97. The lowest BCUT2D eigenvalue weighted by atomic mass is 9.83. The summed E-state index contributed by atoms with van der Waals surface area (Å²) >= 11 is 1.84. The van der Waals surface area contributed by atoms with Crippen molar-refractivity contribution in [3.05, 3.63) is 35.1 Å². The van der Waals surface area contributed by atoms with Crippen LogP contribution in [-0.2, 0) is 7.05 Å². The van der Waals surface area contributed by atoms with Crippen LogP contribution in [0.4, 0.5) is 0 Å². The molecule has 0 aromatic carbocycles. The molecular formula is C18H17N5S. The van der Waals surface area contributed by atoms with Gasteiger partial charge in [0.1, 0.15) is 4.83 Å². The number of aryl methyl sites for hydroxylation is 2. The molecule has 1 aliphatic rings. The fourth-order valence-electron chi connectivity index (χ4n) is 3.37. The Balaban J connectivity index is 1.62. The molecule has 1 fully saturated rings. The van der Waals surface area contributed by atoms with Crippen LogP contribution in [0, 0.1) is 6.92 Å². The minimum Gasteiger partial charge on any atom is -0.273 e. The highest BCUT2D eigenvalue weighted by molar-refractivity contribution is 7.19. The molecule has 120 valence electrons. The Labute approximate surface area is 143 Å². The van der Waals surface area contributed by atoms with Crippen molar-refractivity contribution in [2.75, 3.05) is 0 Å². The summed E-state index contributed by atoms with van der Waals surface area (Å²) in [6.45, 7) is 2.21. The fraction of sp³-hybridized carbons (Fsp3) is 0.333. The smallest absolute Gasteiger partial charge is 0.181 e. The van der Waals surface area contributed by atoms with Crippen molar-refractivity contribution in [1.82, 2.24) is 24.7 Å². The molecule has 4 heterocycles. The molecule has 0 N–H and O–H groups in total. The average molecular weight is 335 g/mol. The van der Waals surface area contributed by atoms with E-state index in [1.807, 2.05) is 37.0 Å². The quantitative estimate of drug-likeness (QED) is 0.550. The van der Waals surface area contributed by atoms with Gasteiger partial charge in [0.15, 0.2) is 11.5 Å². The number of aromatic nitrogens is 5. The molecule has 5 rings (SSSR count). The van der Waals surface area contributed by atoms with E-state index in [1.165, 1.54) is 35.1 Å². The highest BCUT2D eigenvalue weighted by Crippen LogP contribution is 2.44. The molecule has 0 saturated heterocycles. The maximum Gasteiger partial charge on any atom is 0.181 e. The van der Waals surface area contributed by atoms with Gasteiger partial charge in [-0.05, 0) is 37.3 Å². The highest BCUT2D eigenvalue weighted by atomic mass is 32.1. The molecule has 0 amide bonds. The second-order valence-electron chi connectivity index (χ2n) is 6.57. The monoisotopic (exact) mass is 335 g/mol. The van der Waals surface area contributed by atoms with Crippen LogP contribution in [0.1, 0.15) is 35.6 Å². The van der Waals surface area contributed by atoms with Crippen molar-refractivity contribution in [2.45, 2.75) is 32.1 Å². The lowest BCUT2D eigenvalue weighted by molar-refractivity contribution is 0.424. The van der Waals surface area contributed by atoms with Crippen LogP contribution >= 0.6 is 11.3 Å². The average Bonchev–Trinajstić information content (AvgIpc) is 3.04. The van der Waals surface area contributed by atoms with Crippen LogP contribution in [0.25, 0.3) is 32.6 Å². The van der Waals surface area contributed by atoms with Crippen molar-refractivity contribution in [3.63, 3.8) is 0 Å². The topological polar surface area (TPSA) is 56.5 Å². The Morgan fingerprint density at radius 3 is 2.88 bits per heavy atom. The first kappa shape index (κ1) is 14.0. The van der Waals surface area contributed by atoms with Gasteiger partial charge in [0.2, 0.25) is 0 Å². The van der Waals surface area contributed by atoms with Crippen LogP contribution in [0.5, 0.6) is 0 Å². The van der Waals surface area contributed by atoms with Gasteiger partial charge >= 0.3 is 0 Å². The SMILES string of the molecule is Cc1c(C2CCC2)sc2nc(-c3cnc4nn(C)cc4c3)ncc12. The minimum atomic E-state index is 0.737. The molecule has 0 radical (unpaired) electrons. The van der Waals surface area contributed by atoms with Gasteiger partial charge in [-0.1, -0.05) is 6.42 Å². The first-order chi connectivity index (χ1) is 11.7. The molecule has 4 aromatic rings. The zero-order valence-electron chi connectivity index (χ0n) is 13.7. The van der Waals surface area contributed by atoms with Crippen molar-refractivity contribution < 1.29 is 0 Å². The van der Waals surface area contributed by atoms with Gasteiger partial charge in [0, 0.05) is 46.9 Å². The van der Waals surface area contributed by atoms with Gasteiger partial charge in [-0.15, -0.1) is 11.3 Å². The third kappa shape index (κ3) is 2.06. The van der Waals surface area contributed by atoms with Gasteiger partial charge < -0.3 is 0 Å². The Morgan fingerprint density at radius 2 is 2.08 bits per heavy atom. The summed E-state index contributed by atoms with van der Waals surface area (Å²) in [7, 11) is 1.90. The number of rotatable bonds is 2. The van der Waals surface area contributed by atoms with Crippen molar-refractivity contribution in [3.8, 4) is 11.4 Å². The lowest BCUT2D eigenvalue weighted by Gasteiger charge is -2.24. The second-order valence-corrected chi connectivity index (χ2v) is 7.60. The zero-order chi connectivity index (χ0) is 16.3. The Morgan fingerprint density at radius 1 is 1.21 bits per heavy atom. The highest BCUT2D eigenvalue weighted by Gasteiger charge is 2.24. The van der Waals surface area contributed by atoms with E-state index in [1.54, 1.807) is 4.68 Å². The maximum absolute atomic E-state index is 4.82. The van der Waals surface area contributed by atoms with Crippen LogP contribution in [-0.4, -0.2) is 24.7 Å².